The van der Waals surface area contributed by atoms with Crippen molar-refractivity contribution in [3.8, 4) is 17.2 Å². The van der Waals surface area contributed by atoms with Crippen LogP contribution in [0.1, 0.15) is 5.56 Å². The molecular formula is C13H14N2O4S2. The third-order valence-electron chi connectivity index (χ3n) is 2.85. The Balaban J connectivity index is 2.49. The zero-order valence-electron chi connectivity index (χ0n) is 11.7. The van der Waals surface area contributed by atoms with E-state index < -0.39 is 0 Å². The summed E-state index contributed by atoms with van der Waals surface area (Å²) < 4.78 is 16.1. The number of carbonyl (C=O) groups is 1. The van der Waals surface area contributed by atoms with Gasteiger partial charge >= 0.3 is 0 Å². The van der Waals surface area contributed by atoms with E-state index in [9.17, 15) is 4.79 Å². The molecule has 2 rings (SSSR count). The summed E-state index contributed by atoms with van der Waals surface area (Å²) in [7, 11) is 4.61. The molecule has 1 aliphatic rings. The molecule has 2 N–H and O–H groups in total. The molecule has 1 amide bonds. The van der Waals surface area contributed by atoms with Gasteiger partial charge in [0.15, 0.2) is 15.8 Å². The van der Waals surface area contributed by atoms with Crippen LogP contribution in [0.15, 0.2) is 17.0 Å². The fourth-order valence-electron chi connectivity index (χ4n) is 1.79. The second-order valence-electron chi connectivity index (χ2n) is 4.00. The Hall–Kier alpha value is -1.77. The minimum Gasteiger partial charge on any atom is -0.496 e. The lowest BCUT2D eigenvalue weighted by Crippen LogP contribution is -2.34. The Morgan fingerprint density at radius 2 is 1.71 bits per heavy atom. The van der Waals surface area contributed by atoms with E-state index in [1.165, 1.54) is 21.3 Å². The lowest BCUT2D eigenvalue weighted by Gasteiger charge is -2.12. The van der Waals surface area contributed by atoms with Crippen molar-refractivity contribution >= 4 is 40.3 Å². The van der Waals surface area contributed by atoms with Gasteiger partial charge in [-0.15, -0.1) is 0 Å². The molecule has 6 nitrogen and oxygen atoms in total. The molecule has 1 aliphatic heterocycles. The number of hydrogen-bond donors (Lipinski definition) is 1. The monoisotopic (exact) mass is 326 g/mol. The van der Waals surface area contributed by atoms with Crippen molar-refractivity contribution in [2.75, 3.05) is 21.3 Å². The fraction of sp³-hybridized carbons (Fsp3) is 0.231. The molecule has 0 radical (unpaired) electrons. The minimum absolute atomic E-state index is 0.311. The van der Waals surface area contributed by atoms with E-state index in [1.54, 1.807) is 18.2 Å². The van der Waals surface area contributed by atoms with Crippen LogP contribution in [0.5, 0.6) is 17.2 Å². The second kappa shape index (κ2) is 6.33. The molecule has 0 bridgehead atoms. The highest BCUT2D eigenvalue weighted by atomic mass is 32.2. The van der Waals surface area contributed by atoms with Gasteiger partial charge in [0.2, 0.25) is 0 Å². The topological polar surface area (TPSA) is 74.0 Å². The van der Waals surface area contributed by atoms with Crippen LogP contribution >= 0.6 is 24.0 Å². The summed E-state index contributed by atoms with van der Waals surface area (Å²) in [5.41, 5.74) is 0.670. The van der Waals surface area contributed by atoms with Crippen LogP contribution in [-0.4, -0.2) is 36.6 Å². The standard InChI is InChI=1S/C13H14N2O4S2/c1-17-8-6-10(19-3)9(18-2)4-7(8)5-11-12(16)15(14)13(20)21-11/h4-6H,14H2,1-3H3/b11-5-. The highest BCUT2D eigenvalue weighted by molar-refractivity contribution is 8.26. The molecule has 1 heterocycles. The smallest absolute Gasteiger partial charge is 0.280 e. The van der Waals surface area contributed by atoms with Crippen LogP contribution in [0.25, 0.3) is 6.08 Å². The van der Waals surface area contributed by atoms with Gasteiger partial charge in [0, 0.05) is 11.6 Å². The Kier molecular flexibility index (Phi) is 4.71. The van der Waals surface area contributed by atoms with Gasteiger partial charge in [0.25, 0.3) is 5.91 Å². The zero-order chi connectivity index (χ0) is 15.6. The molecule has 112 valence electrons. The summed E-state index contributed by atoms with van der Waals surface area (Å²) in [5.74, 6) is 6.82. The highest BCUT2D eigenvalue weighted by Crippen LogP contribution is 2.38. The largest absolute Gasteiger partial charge is 0.496 e. The van der Waals surface area contributed by atoms with Crippen LogP contribution < -0.4 is 20.1 Å². The third kappa shape index (κ3) is 2.97. The average molecular weight is 326 g/mol. The molecule has 21 heavy (non-hydrogen) atoms. The number of benzene rings is 1. The molecule has 1 saturated heterocycles. The average Bonchev–Trinajstić information content (AvgIpc) is 2.74. The summed E-state index contributed by atoms with van der Waals surface area (Å²) >= 11 is 6.12. The van der Waals surface area contributed by atoms with Gasteiger partial charge in [-0.1, -0.05) is 24.0 Å². The lowest BCUT2D eigenvalue weighted by molar-refractivity contribution is -0.122. The van der Waals surface area contributed by atoms with E-state index in [-0.39, 0.29) is 5.91 Å². The molecule has 0 atom stereocenters. The number of amides is 1. The summed E-state index contributed by atoms with van der Waals surface area (Å²) in [6.45, 7) is 0. The fourth-order valence-corrected chi connectivity index (χ4v) is 2.88. The Labute approximate surface area is 131 Å². The van der Waals surface area contributed by atoms with E-state index in [4.69, 9.17) is 32.3 Å². The van der Waals surface area contributed by atoms with Crippen molar-refractivity contribution in [3.05, 3.63) is 22.6 Å². The van der Waals surface area contributed by atoms with Crippen molar-refractivity contribution in [3.63, 3.8) is 0 Å². The number of hydrazine groups is 1. The molecule has 1 aromatic carbocycles. The summed E-state index contributed by atoms with van der Waals surface area (Å²) in [6.07, 6.45) is 1.66. The zero-order valence-corrected chi connectivity index (χ0v) is 13.3. The van der Waals surface area contributed by atoms with Gasteiger partial charge in [-0.25, -0.2) is 10.9 Å². The van der Waals surface area contributed by atoms with E-state index in [1.807, 2.05) is 0 Å². The quantitative estimate of drug-likeness (QED) is 0.391. The van der Waals surface area contributed by atoms with E-state index >= 15 is 0 Å². The maximum atomic E-state index is 11.9. The summed E-state index contributed by atoms with van der Waals surface area (Å²) in [6, 6.07) is 3.41. The minimum atomic E-state index is -0.346. The predicted molar refractivity (Wildman–Crippen MR) is 85.3 cm³/mol. The number of thioether (sulfide) groups is 1. The molecule has 0 aromatic heterocycles. The first-order chi connectivity index (χ1) is 10.0. The maximum Gasteiger partial charge on any atom is 0.280 e. The van der Waals surface area contributed by atoms with Gasteiger partial charge < -0.3 is 14.2 Å². The Bertz CT molecular complexity index is 631. The molecule has 0 aliphatic carbocycles. The lowest BCUT2D eigenvalue weighted by atomic mass is 10.1. The SMILES string of the molecule is COc1cc(OC)c(OC)cc1/C=C1\SC(=S)N(N)C1=O. The summed E-state index contributed by atoms with van der Waals surface area (Å²) in [5, 5.41) is 0.944. The highest BCUT2D eigenvalue weighted by Gasteiger charge is 2.30. The van der Waals surface area contributed by atoms with Crippen LogP contribution in [-0.2, 0) is 4.79 Å². The summed E-state index contributed by atoms with van der Waals surface area (Å²) in [4.78, 5) is 12.3. The van der Waals surface area contributed by atoms with Crippen molar-refractivity contribution in [2.45, 2.75) is 0 Å². The van der Waals surface area contributed by atoms with E-state index in [2.05, 4.69) is 0 Å². The molecular weight excluding hydrogens is 312 g/mol. The first kappa shape index (κ1) is 15.6. The van der Waals surface area contributed by atoms with Crippen molar-refractivity contribution in [1.29, 1.82) is 0 Å². The van der Waals surface area contributed by atoms with E-state index in [0.29, 0.717) is 32.0 Å². The normalized spacial score (nSPS) is 16.6. The second-order valence-corrected chi connectivity index (χ2v) is 5.68. The van der Waals surface area contributed by atoms with Crippen LogP contribution in [0, 0.1) is 0 Å². The van der Waals surface area contributed by atoms with E-state index in [0.717, 1.165) is 16.8 Å². The molecule has 1 aromatic rings. The number of carbonyl (C=O) groups excluding carboxylic acids is 1. The molecule has 1 fully saturated rings. The van der Waals surface area contributed by atoms with Crippen LogP contribution in [0.3, 0.4) is 0 Å². The maximum absolute atomic E-state index is 11.9. The van der Waals surface area contributed by atoms with Gasteiger partial charge in [0.1, 0.15) is 5.75 Å². The number of thiocarbonyl (C=S) groups is 1. The van der Waals surface area contributed by atoms with Crippen molar-refractivity contribution < 1.29 is 19.0 Å². The van der Waals surface area contributed by atoms with Gasteiger partial charge in [-0.05, 0) is 12.1 Å². The van der Waals surface area contributed by atoms with Gasteiger partial charge in [-0.2, -0.15) is 0 Å². The van der Waals surface area contributed by atoms with Crippen LogP contribution in [0.2, 0.25) is 0 Å². The van der Waals surface area contributed by atoms with Crippen molar-refractivity contribution in [2.24, 2.45) is 5.84 Å². The number of methoxy groups -OCH3 is 3. The van der Waals surface area contributed by atoms with Crippen LogP contribution in [0.4, 0.5) is 0 Å². The molecule has 8 heteroatoms. The Morgan fingerprint density at radius 3 is 2.19 bits per heavy atom. The number of hydrogen-bond acceptors (Lipinski definition) is 7. The van der Waals surface area contributed by atoms with Crippen molar-refractivity contribution in [1.82, 2.24) is 5.01 Å². The van der Waals surface area contributed by atoms with Gasteiger partial charge in [0.05, 0.1) is 26.2 Å². The number of rotatable bonds is 4. The Morgan fingerprint density at radius 1 is 1.14 bits per heavy atom. The first-order valence-corrected chi connectivity index (χ1v) is 7.07. The first-order valence-electron chi connectivity index (χ1n) is 5.84. The van der Waals surface area contributed by atoms with Gasteiger partial charge in [-0.3, -0.25) is 4.79 Å². The number of ether oxygens (including phenoxy) is 3. The molecule has 0 unspecified atom stereocenters. The number of nitrogens with two attached hydrogens (primary N) is 1. The third-order valence-corrected chi connectivity index (χ3v) is 4.18. The molecule has 0 saturated carbocycles. The number of nitrogens with zero attached hydrogens (tertiary/aromatic N) is 1. The molecule has 0 spiro atoms. The predicted octanol–water partition coefficient (Wildman–Crippen LogP) is 1.79.